The van der Waals surface area contributed by atoms with Gasteiger partial charge in [0.05, 0.1) is 0 Å². The highest BCUT2D eigenvalue weighted by molar-refractivity contribution is 5.96. The zero-order valence-electron chi connectivity index (χ0n) is 14.2. The molecule has 1 unspecified atom stereocenters. The largest absolute Gasteiger partial charge is 0.355 e. The number of carbonyl (C=O) groups is 1. The molecule has 0 fully saturated rings. The maximum atomic E-state index is 12.3. The van der Waals surface area contributed by atoms with Crippen molar-refractivity contribution in [3.63, 3.8) is 0 Å². The minimum atomic E-state index is -0.00382. The molecule has 3 aromatic rings. The maximum absolute atomic E-state index is 12.3. The maximum Gasteiger partial charge on any atom is 0.225 e. The smallest absolute Gasteiger partial charge is 0.225 e. The predicted molar refractivity (Wildman–Crippen MR) is 101 cm³/mol. The number of carbonyl (C=O) groups excluding carboxylic acids is 1. The van der Waals surface area contributed by atoms with Gasteiger partial charge >= 0.3 is 0 Å². The van der Waals surface area contributed by atoms with Gasteiger partial charge in [-0.2, -0.15) is 0 Å². The van der Waals surface area contributed by atoms with Gasteiger partial charge < -0.3 is 10.6 Å². The first-order valence-electron chi connectivity index (χ1n) is 8.84. The number of amides is 1. The van der Waals surface area contributed by atoms with Crippen LogP contribution in [0.3, 0.4) is 0 Å². The highest BCUT2D eigenvalue weighted by atomic mass is 16.1. The van der Waals surface area contributed by atoms with Gasteiger partial charge in [-0.25, -0.2) is 9.97 Å². The third-order valence-electron chi connectivity index (χ3n) is 5.25. The van der Waals surface area contributed by atoms with Crippen LogP contribution in [0, 0.1) is 0 Å². The molecule has 1 aromatic heterocycles. The Morgan fingerprint density at radius 1 is 0.885 bits per heavy atom. The van der Waals surface area contributed by atoms with Gasteiger partial charge in [0.1, 0.15) is 6.33 Å². The highest BCUT2D eigenvalue weighted by Gasteiger charge is 2.28. The van der Waals surface area contributed by atoms with Crippen LogP contribution in [-0.2, 0) is 17.6 Å². The van der Waals surface area contributed by atoms with Crippen molar-refractivity contribution in [1.29, 1.82) is 0 Å². The van der Waals surface area contributed by atoms with E-state index in [0.29, 0.717) is 6.42 Å². The number of hydrogen-bond acceptors (Lipinski definition) is 4. The van der Waals surface area contributed by atoms with E-state index in [2.05, 4.69) is 50.9 Å². The first kappa shape index (κ1) is 15.1. The van der Waals surface area contributed by atoms with Crippen molar-refractivity contribution in [1.82, 2.24) is 9.97 Å². The number of aromatic nitrogens is 2. The van der Waals surface area contributed by atoms with Crippen molar-refractivity contribution < 1.29 is 4.79 Å². The fourth-order valence-electron chi connectivity index (χ4n) is 3.94. The first-order chi connectivity index (χ1) is 12.8. The molecule has 0 saturated heterocycles. The van der Waals surface area contributed by atoms with Crippen LogP contribution in [-0.4, -0.2) is 15.9 Å². The molecule has 0 aliphatic carbocycles. The summed E-state index contributed by atoms with van der Waals surface area (Å²) in [5.41, 5.74) is 7.80. The molecule has 0 bridgehead atoms. The topological polar surface area (TPSA) is 66.9 Å². The van der Waals surface area contributed by atoms with E-state index < -0.39 is 0 Å². The number of benzene rings is 2. The van der Waals surface area contributed by atoms with Crippen molar-refractivity contribution in [2.24, 2.45) is 0 Å². The third-order valence-corrected chi connectivity index (χ3v) is 5.25. The first-order valence-corrected chi connectivity index (χ1v) is 8.84. The second-order valence-electron chi connectivity index (χ2n) is 6.86. The van der Waals surface area contributed by atoms with Crippen LogP contribution in [0.4, 0.5) is 17.1 Å². The SMILES string of the molecule is O=C1CC(c2cncnc2)c2cc3c(cc2N1)Nc1ccccc1CC3. The van der Waals surface area contributed by atoms with Crippen LogP contribution >= 0.6 is 0 Å². The number of nitrogens with one attached hydrogen (secondary N) is 2. The van der Waals surface area contributed by atoms with Crippen LogP contribution in [0.5, 0.6) is 0 Å². The zero-order valence-corrected chi connectivity index (χ0v) is 14.2. The second-order valence-corrected chi connectivity index (χ2v) is 6.86. The van der Waals surface area contributed by atoms with Crippen molar-refractivity contribution in [3.8, 4) is 0 Å². The van der Waals surface area contributed by atoms with Gasteiger partial charge in [0.15, 0.2) is 0 Å². The summed E-state index contributed by atoms with van der Waals surface area (Å²) < 4.78 is 0. The molecule has 3 heterocycles. The minimum Gasteiger partial charge on any atom is -0.355 e. The van der Waals surface area contributed by atoms with Crippen LogP contribution in [0.25, 0.3) is 0 Å². The molecule has 2 aliphatic rings. The Bertz CT molecular complexity index is 1000. The van der Waals surface area contributed by atoms with Gasteiger partial charge in [-0.1, -0.05) is 24.3 Å². The average Bonchev–Trinajstić information content (AvgIpc) is 2.85. The molecular weight excluding hydrogens is 324 g/mol. The fourth-order valence-corrected chi connectivity index (χ4v) is 3.94. The summed E-state index contributed by atoms with van der Waals surface area (Å²) >= 11 is 0. The summed E-state index contributed by atoms with van der Waals surface area (Å²) in [6.07, 6.45) is 7.52. The van der Waals surface area contributed by atoms with Crippen molar-refractivity contribution in [3.05, 3.63) is 77.4 Å². The Kier molecular flexibility index (Phi) is 3.45. The molecule has 2 aliphatic heterocycles. The molecular formula is C21H18N4O. The van der Waals surface area contributed by atoms with Crippen LogP contribution in [0.1, 0.15) is 34.6 Å². The van der Waals surface area contributed by atoms with Crippen molar-refractivity contribution >= 4 is 23.0 Å². The lowest BCUT2D eigenvalue weighted by Gasteiger charge is -2.27. The molecule has 0 saturated carbocycles. The Labute approximate surface area is 151 Å². The van der Waals surface area contributed by atoms with Gasteiger partial charge in [-0.15, -0.1) is 0 Å². The fraction of sp³-hybridized carbons (Fsp3) is 0.190. The average molecular weight is 342 g/mol. The number of hydrogen-bond donors (Lipinski definition) is 2. The third kappa shape index (κ3) is 2.52. The number of fused-ring (bicyclic) bond motifs is 3. The van der Waals surface area contributed by atoms with E-state index >= 15 is 0 Å². The van der Waals surface area contributed by atoms with Crippen LogP contribution < -0.4 is 10.6 Å². The van der Waals surface area contributed by atoms with Gasteiger partial charge in [0.2, 0.25) is 5.91 Å². The second kappa shape index (κ2) is 5.95. The van der Waals surface area contributed by atoms with E-state index in [-0.39, 0.29) is 11.8 Å². The highest BCUT2D eigenvalue weighted by Crippen LogP contribution is 2.41. The number of anilines is 3. The Morgan fingerprint density at radius 3 is 2.58 bits per heavy atom. The van der Waals surface area contributed by atoms with Crippen LogP contribution in [0.15, 0.2) is 55.1 Å². The Balaban J connectivity index is 1.61. The zero-order chi connectivity index (χ0) is 17.5. The van der Waals surface area contributed by atoms with E-state index in [1.54, 1.807) is 12.4 Å². The summed E-state index contributed by atoms with van der Waals surface area (Å²) in [5.74, 6) is 0.0243. The van der Waals surface area contributed by atoms with Gasteiger partial charge in [-0.3, -0.25) is 4.79 Å². The van der Waals surface area contributed by atoms with Gasteiger partial charge in [0.25, 0.3) is 0 Å². The lowest BCUT2D eigenvalue weighted by atomic mass is 9.84. The minimum absolute atomic E-state index is 0.00382. The van der Waals surface area contributed by atoms with Crippen molar-refractivity contribution in [2.45, 2.75) is 25.2 Å². The summed E-state index contributed by atoms with van der Waals surface area (Å²) in [7, 11) is 0. The summed E-state index contributed by atoms with van der Waals surface area (Å²) in [6, 6.07) is 12.7. The van der Waals surface area contributed by atoms with E-state index in [4.69, 9.17) is 0 Å². The molecule has 1 amide bonds. The molecule has 5 heteroatoms. The van der Waals surface area contributed by atoms with Gasteiger partial charge in [0, 0.05) is 41.8 Å². The molecule has 2 N–H and O–H groups in total. The number of aryl methyl sites for hydroxylation is 2. The molecule has 26 heavy (non-hydrogen) atoms. The standard InChI is InChI=1S/C21H18N4O/c26-21-8-16(15-10-22-12-23-11-15)17-7-14-6-5-13-3-1-2-4-18(13)24-19(14)9-20(17)25-21/h1-4,7,9-12,16,24H,5-6,8H2,(H,25,26). The number of rotatable bonds is 1. The summed E-state index contributed by atoms with van der Waals surface area (Å²) in [6.45, 7) is 0. The molecule has 5 rings (SSSR count). The Morgan fingerprint density at radius 2 is 1.69 bits per heavy atom. The van der Waals surface area contributed by atoms with Gasteiger partial charge in [-0.05, 0) is 47.2 Å². The van der Waals surface area contributed by atoms with E-state index in [0.717, 1.165) is 41.0 Å². The monoisotopic (exact) mass is 342 g/mol. The number of nitrogens with zero attached hydrogens (tertiary/aromatic N) is 2. The summed E-state index contributed by atoms with van der Waals surface area (Å²) in [5, 5.41) is 6.58. The molecule has 5 nitrogen and oxygen atoms in total. The van der Waals surface area contributed by atoms with E-state index in [1.165, 1.54) is 17.5 Å². The number of para-hydroxylation sites is 1. The molecule has 2 aromatic carbocycles. The quantitative estimate of drug-likeness (QED) is 0.706. The molecule has 0 radical (unpaired) electrons. The molecule has 1 atom stereocenters. The van der Waals surface area contributed by atoms with E-state index in [9.17, 15) is 4.79 Å². The molecule has 128 valence electrons. The lowest BCUT2D eigenvalue weighted by molar-refractivity contribution is -0.116. The summed E-state index contributed by atoms with van der Waals surface area (Å²) in [4.78, 5) is 20.5. The predicted octanol–water partition coefficient (Wildman–Crippen LogP) is 3.79. The van der Waals surface area contributed by atoms with E-state index in [1.807, 2.05) is 6.07 Å². The lowest BCUT2D eigenvalue weighted by Crippen LogP contribution is -2.24. The Hall–Kier alpha value is -3.21. The normalized spacial score (nSPS) is 17.8. The molecule has 0 spiro atoms. The van der Waals surface area contributed by atoms with Crippen molar-refractivity contribution in [2.75, 3.05) is 10.6 Å². The van der Waals surface area contributed by atoms with Crippen LogP contribution in [0.2, 0.25) is 0 Å².